The highest BCUT2D eigenvalue weighted by atomic mass is 15.1. The number of nitrogens with zero attached hydrogens (tertiary/aromatic N) is 2. The number of hydrogen-bond acceptors (Lipinski definition) is 3. The van der Waals surface area contributed by atoms with Crippen molar-refractivity contribution in [2.24, 2.45) is 0 Å². The second kappa shape index (κ2) is 8.48. The van der Waals surface area contributed by atoms with Crippen LogP contribution >= 0.6 is 0 Å². The lowest BCUT2D eigenvalue weighted by atomic mass is 10.3. The SMILES string of the molecule is CCN(CCCN(C)C)CCNC. The van der Waals surface area contributed by atoms with E-state index in [2.05, 4.69) is 36.1 Å². The van der Waals surface area contributed by atoms with Crippen molar-refractivity contribution in [3.63, 3.8) is 0 Å². The van der Waals surface area contributed by atoms with Gasteiger partial charge in [-0.25, -0.2) is 0 Å². The Balaban J connectivity index is 3.36. The van der Waals surface area contributed by atoms with Crippen molar-refractivity contribution < 1.29 is 0 Å². The Morgan fingerprint density at radius 1 is 1.08 bits per heavy atom. The Bertz CT molecular complexity index is 104. The van der Waals surface area contributed by atoms with Crippen LogP contribution in [0.4, 0.5) is 0 Å². The van der Waals surface area contributed by atoms with Crippen LogP contribution in [0.25, 0.3) is 0 Å². The average molecular weight is 187 g/mol. The van der Waals surface area contributed by atoms with Gasteiger partial charge in [0.05, 0.1) is 0 Å². The normalized spacial score (nSPS) is 11.5. The van der Waals surface area contributed by atoms with E-state index in [-0.39, 0.29) is 0 Å². The summed E-state index contributed by atoms with van der Waals surface area (Å²) in [7, 11) is 6.27. The number of likely N-dealkylation sites (N-methyl/N-ethyl adjacent to an activating group) is 2. The second-order valence-electron chi connectivity index (χ2n) is 3.69. The molecule has 0 unspecified atom stereocenters. The highest BCUT2D eigenvalue weighted by Crippen LogP contribution is 1.91. The lowest BCUT2D eigenvalue weighted by Gasteiger charge is -2.21. The van der Waals surface area contributed by atoms with Crippen LogP contribution in [-0.4, -0.2) is 63.7 Å². The highest BCUT2D eigenvalue weighted by molar-refractivity contribution is 4.57. The minimum absolute atomic E-state index is 1.09. The molecule has 13 heavy (non-hydrogen) atoms. The van der Waals surface area contributed by atoms with E-state index in [9.17, 15) is 0 Å². The van der Waals surface area contributed by atoms with Crippen molar-refractivity contribution in [1.82, 2.24) is 15.1 Å². The van der Waals surface area contributed by atoms with Crippen LogP contribution in [0, 0.1) is 0 Å². The quantitative estimate of drug-likeness (QED) is 0.596. The molecule has 0 aromatic rings. The van der Waals surface area contributed by atoms with Crippen LogP contribution in [0.1, 0.15) is 13.3 Å². The van der Waals surface area contributed by atoms with Crippen LogP contribution in [-0.2, 0) is 0 Å². The van der Waals surface area contributed by atoms with E-state index in [0.29, 0.717) is 0 Å². The van der Waals surface area contributed by atoms with Gasteiger partial charge in [-0.05, 0) is 47.2 Å². The van der Waals surface area contributed by atoms with E-state index in [1.54, 1.807) is 0 Å². The minimum Gasteiger partial charge on any atom is -0.318 e. The highest BCUT2D eigenvalue weighted by Gasteiger charge is 2.00. The Labute approximate surface area is 83.1 Å². The summed E-state index contributed by atoms with van der Waals surface area (Å²) in [6, 6.07) is 0. The first-order valence-electron chi connectivity index (χ1n) is 5.22. The summed E-state index contributed by atoms with van der Waals surface area (Å²) >= 11 is 0. The second-order valence-corrected chi connectivity index (χ2v) is 3.69. The number of nitrogens with one attached hydrogen (secondary N) is 1. The molecule has 0 aliphatic rings. The largest absolute Gasteiger partial charge is 0.318 e. The summed E-state index contributed by atoms with van der Waals surface area (Å²) in [6.45, 7) is 8.06. The summed E-state index contributed by atoms with van der Waals surface area (Å²) in [5, 5.41) is 3.18. The molecule has 3 heteroatoms. The van der Waals surface area contributed by atoms with E-state index in [0.717, 1.165) is 13.1 Å². The average Bonchev–Trinajstić information content (AvgIpc) is 2.10. The van der Waals surface area contributed by atoms with Crippen molar-refractivity contribution >= 4 is 0 Å². The topological polar surface area (TPSA) is 18.5 Å². The van der Waals surface area contributed by atoms with Gasteiger partial charge >= 0.3 is 0 Å². The molecule has 0 atom stereocenters. The fourth-order valence-corrected chi connectivity index (χ4v) is 1.31. The standard InChI is InChI=1S/C10H25N3/c1-5-13(10-7-11-2)9-6-8-12(3)4/h11H,5-10H2,1-4H3. The predicted molar refractivity (Wildman–Crippen MR) is 59.2 cm³/mol. The third kappa shape index (κ3) is 8.22. The Hall–Kier alpha value is -0.120. The Kier molecular flexibility index (Phi) is 8.40. The molecular weight excluding hydrogens is 162 g/mol. The molecule has 0 aromatic heterocycles. The van der Waals surface area contributed by atoms with Crippen LogP contribution in [0.3, 0.4) is 0 Å². The molecule has 80 valence electrons. The van der Waals surface area contributed by atoms with Gasteiger partial charge in [0.25, 0.3) is 0 Å². The molecule has 0 saturated heterocycles. The molecule has 1 N–H and O–H groups in total. The number of rotatable bonds is 8. The number of hydrogen-bond donors (Lipinski definition) is 1. The fraction of sp³-hybridized carbons (Fsp3) is 1.00. The van der Waals surface area contributed by atoms with E-state index in [4.69, 9.17) is 0 Å². The first kappa shape index (κ1) is 12.9. The van der Waals surface area contributed by atoms with Gasteiger partial charge in [0.2, 0.25) is 0 Å². The molecule has 0 saturated carbocycles. The molecule has 0 spiro atoms. The minimum atomic E-state index is 1.09. The van der Waals surface area contributed by atoms with Gasteiger partial charge in [-0.2, -0.15) is 0 Å². The van der Waals surface area contributed by atoms with Crippen molar-refractivity contribution in [3.8, 4) is 0 Å². The molecule has 0 heterocycles. The van der Waals surface area contributed by atoms with E-state index >= 15 is 0 Å². The molecule has 0 bridgehead atoms. The van der Waals surface area contributed by atoms with Crippen molar-refractivity contribution in [3.05, 3.63) is 0 Å². The van der Waals surface area contributed by atoms with Crippen LogP contribution in [0.5, 0.6) is 0 Å². The smallest absolute Gasteiger partial charge is 0.0107 e. The van der Waals surface area contributed by atoms with Gasteiger partial charge < -0.3 is 15.1 Å². The molecule has 0 amide bonds. The van der Waals surface area contributed by atoms with E-state index < -0.39 is 0 Å². The molecule has 0 rings (SSSR count). The maximum absolute atomic E-state index is 3.18. The van der Waals surface area contributed by atoms with Gasteiger partial charge in [-0.1, -0.05) is 6.92 Å². The molecule has 0 aliphatic carbocycles. The van der Waals surface area contributed by atoms with E-state index in [1.165, 1.54) is 26.1 Å². The third-order valence-corrected chi connectivity index (χ3v) is 2.20. The molecule has 0 radical (unpaired) electrons. The monoisotopic (exact) mass is 187 g/mol. The van der Waals surface area contributed by atoms with E-state index in [1.807, 2.05) is 7.05 Å². The maximum Gasteiger partial charge on any atom is 0.0107 e. The van der Waals surface area contributed by atoms with Gasteiger partial charge in [-0.15, -0.1) is 0 Å². The molecule has 0 aliphatic heterocycles. The first-order valence-corrected chi connectivity index (χ1v) is 5.22. The summed E-state index contributed by atoms with van der Waals surface area (Å²) in [4.78, 5) is 4.73. The zero-order valence-electron chi connectivity index (χ0n) is 9.64. The Morgan fingerprint density at radius 2 is 1.77 bits per heavy atom. The lowest BCUT2D eigenvalue weighted by molar-refractivity contribution is 0.268. The summed E-state index contributed by atoms with van der Waals surface area (Å²) in [5.41, 5.74) is 0. The first-order chi connectivity index (χ1) is 6.20. The summed E-state index contributed by atoms with van der Waals surface area (Å²) in [5.74, 6) is 0. The van der Waals surface area contributed by atoms with Gasteiger partial charge in [-0.3, -0.25) is 0 Å². The van der Waals surface area contributed by atoms with Gasteiger partial charge in [0.1, 0.15) is 0 Å². The van der Waals surface area contributed by atoms with Crippen molar-refractivity contribution in [2.75, 3.05) is 53.9 Å². The zero-order chi connectivity index (χ0) is 10.1. The molecular formula is C10H25N3. The van der Waals surface area contributed by atoms with Crippen molar-refractivity contribution in [1.29, 1.82) is 0 Å². The third-order valence-electron chi connectivity index (χ3n) is 2.20. The maximum atomic E-state index is 3.18. The Morgan fingerprint density at radius 3 is 2.23 bits per heavy atom. The van der Waals surface area contributed by atoms with Crippen LogP contribution in [0.2, 0.25) is 0 Å². The summed E-state index contributed by atoms with van der Waals surface area (Å²) < 4.78 is 0. The van der Waals surface area contributed by atoms with Crippen LogP contribution in [0.15, 0.2) is 0 Å². The van der Waals surface area contributed by atoms with Gasteiger partial charge in [0.15, 0.2) is 0 Å². The van der Waals surface area contributed by atoms with Crippen LogP contribution < -0.4 is 5.32 Å². The molecule has 0 aromatic carbocycles. The fourth-order valence-electron chi connectivity index (χ4n) is 1.31. The van der Waals surface area contributed by atoms with Crippen molar-refractivity contribution in [2.45, 2.75) is 13.3 Å². The van der Waals surface area contributed by atoms with Gasteiger partial charge in [0, 0.05) is 13.1 Å². The zero-order valence-corrected chi connectivity index (χ0v) is 9.64. The summed E-state index contributed by atoms with van der Waals surface area (Å²) in [6.07, 6.45) is 1.27. The molecule has 3 nitrogen and oxygen atoms in total. The predicted octanol–water partition coefficient (Wildman–Crippen LogP) is 0.479. The lowest BCUT2D eigenvalue weighted by Crippen LogP contribution is -2.32. The molecule has 0 fully saturated rings.